The van der Waals surface area contributed by atoms with Crippen molar-refractivity contribution in [3.05, 3.63) is 65.7 Å². The monoisotopic (exact) mass is 339 g/mol. The Labute approximate surface area is 149 Å². The topological polar surface area (TPSA) is 61.4 Å². The largest absolute Gasteiger partial charge is 0.338 e. The number of carbonyl (C=O) groups excluding carboxylic acids is 2. The Hall–Kier alpha value is -2.66. The van der Waals surface area contributed by atoms with Crippen molar-refractivity contribution < 1.29 is 9.59 Å². The van der Waals surface area contributed by atoms with Crippen LogP contribution >= 0.6 is 0 Å². The van der Waals surface area contributed by atoms with Gasteiger partial charge in [-0.3, -0.25) is 4.79 Å². The zero-order chi connectivity index (χ0) is 18.1. The zero-order valence-electron chi connectivity index (χ0n) is 14.8. The van der Waals surface area contributed by atoms with Gasteiger partial charge in [-0.15, -0.1) is 0 Å². The fourth-order valence-electron chi connectivity index (χ4n) is 2.49. The van der Waals surface area contributed by atoms with E-state index < -0.39 is 0 Å². The molecule has 5 nitrogen and oxygen atoms in total. The van der Waals surface area contributed by atoms with E-state index in [4.69, 9.17) is 0 Å². The van der Waals surface area contributed by atoms with Gasteiger partial charge < -0.3 is 15.5 Å². The van der Waals surface area contributed by atoms with Gasteiger partial charge in [-0.25, -0.2) is 4.79 Å². The van der Waals surface area contributed by atoms with E-state index in [9.17, 15) is 9.59 Å². The summed E-state index contributed by atoms with van der Waals surface area (Å²) in [5.74, 6) is 0.00984. The Kier molecular flexibility index (Phi) is 7.16. The van der Waals surface area contributed by atoms with Crippen LogP contribution < -0.4 is 10.6 Å². The van der Waals surface area contributed by atoms with Gasteiger partial charge in [-0.2, -0.15) is 0 Å². The predicted octanol–water partition coefficient (Wildman–Crippen LogP) is 3.53. The lowest BCUT2D eigenvalue weighted by molar-refractivity contribution is 0.101. The first-order valence-electron chi connectivity index (χ1n) is 8.43. The summed E-state index contributed by atoms with van der Waals surface area (Å²) in [6.45, 7) is 3.93. The lowest BCUT2D eigenvalue weighted by atomic mass is 10.1. The van der Waals surface area contributed by atoms with Crippen molar-refractivity contribution >= 4 is 17.5 Å². The van der Waals surface area contributed by atoms with Crippen molar-refractivity contribution in [2.75, 3.05) is 25.5 Å². The molecule has 0 saturated carbocycles. The summed E-state index contributed by atoms with van der Waals surface area (Å²) >= 11 is 0. The lowest BCUT2D eigenvalue weighted by Crippen LogP contribution is -2.31. The van der Waals surface area contributed by atoms with Crippen molar-refractivity contribution in [3.63, 3.8) is 0 Å². The van der Waals surface area contributed by atoms with E-state index in [0.29, 0.717) is 17.8 Å². The van der Waals surface area contributed by atoms with Gasteiger partial charge >= 0.3 is 6.03 Å². The van der Waals surface area contributed by atoms with Gasteiger partial charge in [0.05, 0.1) is 0 Å². The molecule has 25 heavy (non-hydrogen) atoms. The first kappa shape index (κ1) is 18.7. The Morgan fingerprint density at radius 1 is 1.00 bits per heavy atom. The highest BCUT2D eigenvalue weighted by molar-refractivity contribution is 5.95. The fourth-order valence-corrected chi connectivity index (χ4v) is 2.49. The summed E-state index contributed by atoms with van der Waals surface area (Å²) in [6, 6.07) is 16.9. The molecular weight excluding hydrogens is 314 g/mol. The lowest BCUT2D eigenvalue weighted by Gasteiger charge is -2.16. The summed E-state index contributed by atoms with van der Waals surface area (Å²) < 4.78 is 0. The number of hydrogen-bond acceptors (Lipinski definition) is 3. The molecule has 0 aromatic heterocycles. The van der Waals surface area contributed by atoms with Crippen LogP contribution in [0, 0.1) is 0 Å². The first-order valence-corrected chi connectivity index (χ1v) is 8.43. The molecule has 0 aliphatic heterocycles. The molecule has 0 bridgehead atoms. The van der Waals surface area contributed by atoms with Crippen molar-refractivity contribution in [1.29, 1.82) is 0 Å². The number of benzene rings is 2. The summed E-state index contributed by atoms with van der Waals surface area (Å²) in [5.41, 5.74) is 2.58. The molecule has 0 aliphatic rings. The average Bonchev–Trinajstić information content (AvgIpc) is 2.60. The molecule has 2 rings (SSSR count). The van der Waals surface area contributed by atoms with Gasteiger partial charge in [0, 0.05) is 24.3 Å². The molecule has 0 spiro atoms. The normalized spacial score (nSPS) is 10.5. The molecule has 0 heterocycles. The number of rotatable bonds is 8. The Morgan fingerprint density at radius 3 is 2.32 bits per heavy atom. The maximum atomic E-state index is 11.9. The molecule has 2 N–H and O–H groups in total. The van der Waals surface area contributed by atoms with E-state index in [-0.39, 0.29) is 11.8 Å². The Bertz CT molecular complexity index is 684. The third kappa shape index (κ3) is 6.77. The maximum absolute atomic E-state index is 11.9. The van der Waals surface area contributed by atoms with Crippen LogP contribution in [0.4, 0.5) is 10.5 Å². The van der Waals surface area contributed by atoms with E-state index in [1.807, 2.05) is 18.2 Å². The second-order valence-corrected chi connectivity index (χ2v) is 6.09. The molecular formula is C20H25N3O2. The number of anilines is 1. The van der Waals surface area contributed by atoms with Gasteiger partial charge in [-0.05, 0) is 56.8 Å². The highest BCUT2D eigenvalue weighted by atomic mass is 16.2. The van der Waals surface area contributed by atoms with Crippen molar-refractivity contribution in [1.82, 2.24) is 10.2 Å². The average molecular weight is 339 g/mol. The molecule has 2 aromatic carbocycles. The molecule has 0 aliphatic carbocycles. The van der Waals surface area contributed by atoms with E-state index in [1.165, 1.54) is 12.5 Å². The van der Waals surface area contributed by atoms with Crippen LogP contribution in [-0.2, 0) is 6.54 Å². The smallest absolute Gasteiger partial charge is 0.319 e. The van der Waals surface area contributed by atoms with Crippen LogP contribution in [0.15, 0.2) is 54.6 Å². The highest BCUT2D eigenvalue weighted by Crippen LogP contribution is 2.09. The summed E-state index contributed by atoms with van der Waals surface area (Å²) in [6.07, 6.45) is 0.875. The molecule has 132 valence electrons. The third-order valence-electron chi connectivity index (χ3n) is 3.85. The van der Waals surface area contributed by atoms with Crippen LogP contribution in [0.2, 0.25) is 0 Å². The van der Waals surface area contributed by atoms with E-state index in [1.54, 1.807) is 24.3 Å². The second-order valence-electron chi connectivity index (χ2n) is 6.09. The van der Waals surface area contributed by atoms with Crippen molar-refractivity contribution in [2.45, 2.75) is 19.9 Å². The summed E-state index contributed by atoms with van der Waals surface area (Å²) in [4.78, 5) is 25.3. The predicted molar refractivity (Wildman–Crippen MR) is 101 cm³/mol. The standard InChI is InChI=1S/C20H25N3O2/c1-16(24)18-9-11-19(12-10-18)22-20(25)21-13-6-14-23(2)15-17-7-4-3-5-8-17/h3-5,7-12H,6,13-15H2,1-2H3,(H2,21,22,25). The molecule has 0 radical (unpaired) electrons. The minimum Gasteiger partial charge on any atom is -0.338 e. The van der Waals surface area contributed by atoms with E-state index in [2.05, 4.69) is 34.7 Å². The summed E-state index contributed by atoms with van der Waals surface area (Å²) in [5, 5.41) is 5.61. The number of amides is 2. The van der Waals surface area contributed by atoms with Crippen LogP contribution in [0.5, 0.6) is 0 Å². The number of Topliss-reactive ketones (excluding diaryl/α,β-unsaturated/α-hetero) is 1. The fraction of sp³-hybridized carbons (Fsp3) is 0.300. The number of urea groups is 1. The second kappa shape index (κ2) is 9.59. The van der Waals surface area contributed by atoms with Crippen molar-refractivity contribution in [3.8, 4) is 0 Å². The number of ketones is 1. The van der Waals surface area contributed by atoms with Crippen LogP contribution in [0.3, 0.4) is 0 Å². The van der Waals surface area contributed by atoms with Gasteiger partial charge in [0.15, 0.2) is 5.78 Å². The van der Waals surface area contributed by atoms with Gasteiger partial charge in [-0.1, -0.05) is 30.3 Å². The van der Waals surface area contributed by atoms with Gasteiger partial charge in [0.25, 0.3) is 0 Å². The van der Waals surface area contributed by atoms with Crippen LogP contribution in [0.25, 0.3) is 0 Å². The molecule has 0 unspecified atom stereocenters. The number of nitrogens with zero attached hydrogens (tertiary/aromatic N) is 1. The van der Waals surface area contributed by atoms with Crippen LogP contribution in [-0.4, -0.2) is 36.9 Å². The Morgan fingerprint density at radius 2 is 1.68 bits per heavy atom. The molecule has 2 amide bonds. The quantitative estimate of drug-likeness (QED) is 0.571. The highest BCUT2D eigenvalue weighted by Gasteiger charge is 2.04. The first-order chi connectivity index (χ1) is 12.0. The third-order valence-corrected chi connectivity index (χ3v) is 3.85. The number of nitrogens with one attached hydrogen (secondary N) is 2. The molecule has 2 aromatic rings. The maximum Gasteiger partial charge on any atom is 0.319 e. The molecule has 0 atom stereocenters. The van der Waals surface area contributed by atoms with E-state index in [0.717, 1.165) is 19.5 Å². The van der Waals surface area contributed by atoms with Gasteiger partial charge in [0.2, 0.25) is 0 Å². The van der Waals surface area contributed by atoms with Crippen LogP contribution in [0.1, 0.15) is 29.3 Å². The number of carbonyl (C=O) groups is 2. The van der Waals surface area contributed by atoms with E-state index >= 15 is 0 Å². The molecule has 0 fully saturated rings. The minimum absolute atomic E-state index is 0.00984. The summed E-state index contributed by atoms with van der Waals surface area (Å²) in [7, 11) is 2.07. The molecule has 5 heteroatoms. The zero-order valence-corrected chi connectivity index (χ0v) is 14.8. The van der Waals surface area contributed by atoms with Gasteiger partial charge in [0.1, 0.15) is 0 Å². The minimum atomic E-state index is -0.235. The Balaban J connectivity index is 1.64. The van der Waals surface area contributed by atoms with Crippen molar-refractivity contribution in [2.24, 2.45) is 0 Å². The SMILES string of the molecule is CC(=O)c1ccc(NC(=O)NCCCN(C)Cc2ccccc2)cc1. The number of hydrogen-bond donors (Lipinski definition) is 2. The molecule has 0 saturated heterocycles.